The van der Waals surface area contributed by atoms with Crippen LogP contribution in [0.2, 0.25) is 5.02 Å². The van der Waals surface area contributed by atoms with Crippen molar-refractivity contribution in [1.82, 2.24) is 14.8 Å². The highest BCUT2D eigenvalue weighted by molar-refractivity contribution is 7.99. The Morgan fingerprint density at radius 2 is 1.81 bits per heavy atom. The first-order valence-electron chi connectivity index (χ1n) is 9.88. The van der Waals surface area contributed by atoms with Gasteiger partial charge in [-0.1, -0.05) is 59.8 Å². The maximum absolute atomic E-state index is 13.2. The van der Waals surface area contributed by atoms with Crippen LogP contribution in [0.15, 0.2) is 71.9 Å². The van der Waals surface area contributed by atoms with Gasteiger partial charge in [0.15, 0.2) is 11.0 Å². The number of aryl methyl sites for hydroxylation is 2. The SMILES string of the molecule is Cc1ccc(-n2c(SCC(=O)Nc3ccc(F)cc3Cl)nnc2-c2ccccc2)cc1C. The van der Waals surface area contributed by atoms with E-state index in [9.17, 15) is 9.18 Å². The number of rotatable bonds is 6. The molecule has 4 rings (SSSR count). The second-order valence-corrected chi connectivity index (χ2v) is 8.59. The summed E-state index contributed by atoms with van der Waals surface area (Å²) < 4.78 is 15.2. The number of hydrogen-bond donors (Lipinski definition) is 1. The first kappa shape index (κ1) is 22.0. The fourth-order valence-corrected chi connectivity index (χ4v) is 4.11. The van der Waals surface area contributed by atoms with E-state index in [1.165, 1.54) is 29.5 Å². The van der Waals surface area contributed by atoms with Crippen LogP contribution >= 0.6 is 23.4 Å². The Bertz CT molecular complexity index is 1280. The lowest BCUT2D eigenvalue weighted by Crippen LogP contribution is -2.15. The molecule has 0 unspecified atom stereocenters. The second-order valence-electron chi connectivity index (χ2n) is 7.24. The number of anilines is 1. The third-order valence-corrected chi connectivity index (χ3v) is 6.19. The molecule has 0 radical (unpaired) electrons. The van der Waals surface area contributed by atoms with E-state index in [1.54, 1.807) is 0 Å². The molecule has 0 bridgehead atoms. The number of thioether (sulfide) groups is 1. The highest BCUT2D eigenvalue weighted by atomic mass is 35.5. The van der Waals surface area contributed by atoms with Crippen molar-refractivity contribution in [1.29, 1.82) is 0 Å². The third-order valence-electron chi connectivity index (χ3n) is 4.95. The molecule has 0 spiro atoms. The van der Waals surface area contributed by atoms with Crippen molar-refractivity contribution < 1.29 is 9.18 Å². The minimum atomic E-state index is -0.461. The Labute approximate surface area is 194 Å². The van der Waals surface area contributed by atoms with E-state index in [2.05, 4.69) is 41.5 Å². The Balaban J connectivity index is 1.61. The maximum atomic E-state index is 13.2. The molecule has 8 heteroatoms. The predicted molar refractivity (Wildman–Crippen MR) is 127 cm³/mol. The van der Waals surface area contributed by atoms with Crippen LogP contribution in [0.4, 0.5) is 10.1 Å². The zero-order valence-corrected chi connectivity index (χ0v) is 19.0. The topological polar surface area (TPSA) is 59.8 Å². The Kier molecular flexibility index (Phi) is 6.58. The molecule has 32 heavy (non-hydrogen) atoms. The Morgan fingerprint density at radius 3 is 2.53 bits per heavy atom. The molecule has 0 aliphatic heterocycles. The molecule has 5 nitrogen and oxygen atoms in total. The van der Waals surface area contributed by atoms with E-state index in [0.717, 1.165) is 22.9 Å². The minimum absolute atomic E-state index is 0.0888. The summed E-state index contributed by atoms with van der Waals surface area (Å²) in [5, 5.41) is 12.2. The summed E-state index contributed by atoms with van der Waals surface area (Å²) in [6, 6.07) is 19.8. The first-order valence-corrected chi connectivity index (χ1v) is 11.2. The Morgan fingerprint density at radius 1 is 1.03 bits per heavy atom. The van der Waals surface area contributed by atoms with Crippen LogP contribution in [0.25, 0.3) is 17.1 Å². The van der Waals surface area contributed by atoms with Crippen molar-refractivity contribution >= 4 is 35.0 Å². The van der Waals surface area contributed by atoms with Gasteiger partial charge in [-0.2, -0.15) is 0 Å². The number of halogens is 2. The number of aromatic nitrogens is 3. The van der Waals surface area contributed by atoms with Crippen molar-refractivity contribution in [2.45, 2.75) is 19.0 Å². The molecular weight excluding hydrogens is 447 g/mol. The van der Waals surface area contributed by atoms with Crippen LogP contribution in [-0.4, -0.2) is 26.4 Å². The lowest BCUT2D eigenvalue weighted by Gasteiger charge is -2.12. The lowest BCUT2D eigenvalue weighted by atomic mass is 10.1. The quantitative estimate of drug-likeness (QED) is 0.350. The van der Waals surface area contributed by atoms with E-state index < -0.39 is 5.82 Å². The first-order chi connectivity index (χ1) is 15.4. The highest BCUT2D eigenvalue weighted by Gasteiger charge is 2.18. The summed E-state index contributed by atoms with van der Waals surface area (Å²) in [4.78, 5) is 12.5. The standard InChI is InChI=1S/C24H20ClFN4OS/c1-15-8-10-19(12-16(15)2)30-23(17-6-4-3-5-7-17)28-29-24(30)32-14-22(31)27-21-11-9-18(26)13-20(21)25/h3-13H,14H2,1-2H3,(H,27,31). The molecule has 1 aromatic heterocycles. The van der Waals surface area contributed by atoms with Crippen LogP contribution in [0, 0.1) is 19.7 Å². The summed E-state index contributed by atoms with van der Waals surface area (Å²) in [7, 11) is 0. The average Bonchev–Trinajstić information content (AvgIpc) is 3.21. The van der Waals surface area contributed by atoms with Crippen molar-refractivity contribution in [3.8, 4) is 17.1 Å². The van der Waals surface area contributed by atoms with Crippen LogP contribution in [0.3, 0.4) is 0 Å². The van der Waals surface area contributed by atoms with Gasteiger partial charge in [0.1, 0.15) is 5.82 Å². The number of amides is 1. The van der Waals surface area contributed by atoms with E-state index >= 15 is 0 Å². The molecule has 1 N–H and O–H groups in total. The zero-order valence-electron chi connectivity index (χ0n) is 17.5. The third kappa shape index (κ3) is 4.84. The predicted octanol–water partition coefficient (Wildman–Crippen LogP) is 6.07. The number of nitrogens with one attached hydrogen (secondary N) is 1. The van der Waals surface area contributed by atoms with Crippen molar-refractivity contribution in [3.63, 3.8) is 0 Å². The molecule has 162 valence electrons. The molecule has 0 saturated carbocycles. The maximum Gasteiger partial charge on any atom is 0.234 e. The summed E-state index contributed by atoms with van der Waals surface area (Å²) in [5.74, 6) is 0.0425. The fraction of sp³-hybridized carbons (Fsp3) is 0.125. The van der Waals surface area contributed by atoms with Crippen molar-refractivity contribution in [2.24, 2.45) is 0 Å². The monoisotopic (exact) mass is 466 g/mol. The molecule has 1 heterocycles. The number of nitrogens with zero attached hydrogens (tertiary/aromatic N) is 3. The minimum Gasteiger partial charge on any atom is -0.324 e. The van der Waals surface area contributed by atoms with Crippen LogP contribution in [0.5, 0.6) is 0 Å². The smallest absolute Gasteiger partial charge is 0.234 e. The van der Waals surface area contributed by atoms with Gasteiger partial charge in [-0.25, -0.2) is 4.39 Å². The largest absolute Gasteiger partial charge is 0.324 e. The van der Waals surface area contributed by atoms with Gasteiger partial charge in [0, 0.05) is 5.56 Å². The normalized spacial score (nSPS) is 10.9. The second kappa shape index (κ2) is 9.54. The van der Waals surface area contributed by atoms with Gasteiger partial charge in [0.2, 0.25) is 5.91 Å². The van der Waals surface area contributed by atoms with Crippen molar-refractivity contribution in [2.75, 3.05) is 11.1 Å². The average molecular weight is 467 g/mol. The number of hydrogen-bond acceptors (Lipinski definition) is 4. The molecule has 4 aromatic rings. The number of carbonyl (C=O) groups is 1. The number of benzene rings is 3. The fourth-order valence-electron chi connectivity index (χ4n) is 3.14. The van der Waals surface area contributed by atoms with Crippen LogP contribution in [-0.2, 0) is 4.79 Å². The van der Waals surface area contributed by atoms with Crippen molar-refractivity contribution in [3.05, 3.63) is 88.7 Å². The summed E-state index contributed by atoms with van der Waals surface area (Å²) in [6.45, 7) is 4.11. The van der Waals surface area contributed by atoms with Gasteiger partial charge in [-0.3, -0.25) is 9.36 Å². The van der Waals surface area contributed by atoms with E-state index in [-0.39, 0.29) is 16.7 Å². The van der Waals surface area contributed by atoms with Crippen LogP contribution < -0.4 is 5.32 Å². The summed E-state index contributed by atoms with van der Waals surface area (Å²) >= 11 is 7.27. The zero-order chi connectivity index (χ0) is 22.7. The highest BCUT2D eigenvalue weighted by Crippen LogP contribution is 2.29. The molecule has 1 amide bonds. The molecule has 3 aromatic carbocycles. The summed E-state index contributed by atoms with van der Waals surface area (Å²) in [5.41, 5.74) is 4.54. The molecule has 0 fully saturated rings. The van der Waals surface area contributed by atoms with Crippen LogP contribution in [0.1, 0.15) is 11.1 Å². The number of carbonyl (C=O) groups excluding carboxylic acids is 1. The van der Waals surface area contributed by atoms with Gasteiger partial charge >= 0.3 is 0 Å². The van der Waals surface area contributed by atoms with E-state index in [1.807, 2.05) is 41.0 Å². The Hall–Kier alpha value is -3.16. The molecule has 0 saturated heterocycles. The summed E-state index contributed by atoms with van der Waals surface area (Å²) in [6.07, 6.45) is 0. The molecular formula is C24H20ClFN4OS. The molecule has 0 atom stereocenters. The van der Waals surface area contributed by atoms with Gasteiger partial charge in [0.05, 0.1) is 22.2 Å². The molecule has 0 aliphatic rings. The lowest BCUT2D eigenvalue weighted by molar-refractivity contribution is -0.113. The van der Waals surface area contributed by atoms with Gasteiger partial charge in [-0.05, 0) is 55.3 Å². The van der Waals surface area contributed by atoms with Gasteiger partial charge in [0.25, 0.3) is 0 Å². The van der Waals surface area contributed by atoms with Gasteiger partial charge in [-0.15, -0.1) is 10.2 Å². The van der Waals surface area contributed by atoms with E-state index in [4.69, 9.17) is 11.6 Å². The van der Waals surface area contributed by atoms with Gasteiger partial charge < -0.3 is 5.32 Å². The van der Waals surface area contributed by atoms with E-state index in [0.29, 0.717) is 16.7 Å². The molecule has 0 aliphatic carbocycles.